The summed E-state index contributed by atoms with van der Waals surface area (Å²) in [4.78, 5) is 2.55. The summed E-state index contributed by atoms with van der Waals surface area (Å²) < 4.78 is 0. The molecule has 0 aromatic heterocycles. The molecule has 0 amide bonds. The Labute approximate surface area is 388 Å². The van der Waals surface area contributed by atoms with Crippen LogP contribution in [0.2, 0.25) is 0 Å². The molecule has 66 heavy (non-hydrogen) atoms. The van der Waals surface area contributed by atoms with E-state index in [1.54, 1.807) is 0 Å². The number of fused-ring (bicyclic) bond motifs is 9. The van der Waals surface area contributed by atoms with Crippen LogP contribution < -0.4 is 4.90 Å². The van der Waals surface area contributed by atoms with E-state index in [9.17, 15) is 0 Å². The maximum absolute atomic E-state index is 2.55. The van der Waals surface area contributed by atoms with Crippen molar-refractivity contribution in [3.63, 3.8) is 0 Å². The fourth-order valence-electron chi connectivity index (χ4n) is 12.7. The Morgan fingerprint density at radius 1 is 0.348 bits per heavy atom. The lowest BCUT2D eigenvalue weighted by Gasteiger charge is -2.37. The van der Waals surface area contributed by atoms with Crippen LogP contribution in [0, 0.1) is 0 Å². The van der Waals surface area contributed by atoms with Gasteiger partial charge in [-0.2, -0.15) is 0 Å². The number of hydrogen-bond acceptors (Lipinski definition) is 1. The number of allylic oxidation sites excluding steroid dienone is 4. The highest BCUT2D eigenvalue weighted by Crippen LogP contribution is 2.61. The summed E-state index contributed by atoms with van der Waals surface area (Å²) in [6.07, 6.45) is 9.02. The van der Waals surface area contributed by atoms with Gasteiger partial charge >= 0.3 is 0 Å². The predicted octanol–water partition coefficient (Wildman–Crippen LogP) is 16.4. The zero-order chi connectivity index (χ0) is 44.0. The quantitative estimate of drug-likeness (QED) is 0.154. The van der Waals surface area contributed by atoms with E-state index in [2.05, 4.69) is 255 Å². The first kappa shape index (κ1) is 38.7. The van der Waals surface area contributed by atoms with Crippen molar-refractivity contribution < 1.29 is 0 Å². The third-order valence-corrected chi connectivity index (χ3v) is 15.5. The van der Waals surface area contributed by atoms with Crippen LogP contribution in [-0.4, -0.2) is 0 Å². The standard InChI is InChI=1S/C65H49N/c1-63(2)57-32-18-15-29-51(57)54-38-35-48(41-60(54)63)66(49-36-39-55-52-30-16-19-33-58(52)64(61(55)42-49,44-21-7-3-8-22-44)45-23-9-4-10-24-45)50-37-40-56-53-31-17-20-34-59(53)65(62(56)43-50,46-25-11-5-12-26-46)47-27-13-6-14-28-47/h3-13,15-27,29-43H,14,28H2,1-2H3. The second-order valence-corrected chi connectivity index (χ2v) is 19.0. The third kappa shape index (κ3) is 5.29. The third-order valence-electron chi connectivity index (χ3n) is 15.5. The molecule has 0 N–H and O–H groups in total. The highest BCUT2D eigenvalue weighted by Gasteiger charge is 2.49. The molecule has 13 rings (SSSR count). The van der Waals surface area contributed by atoms with E-state index in [-0.39, 0.29) is 5.41 Å². The molecule has 1 nitrogen and oxygen atoms in total. The zero-order valence-corrected chi connectivity index (χ0v) is 37.4. The molecule has 0 bridgehead atoms. The summed E-state index contributed by atoms with van der Waals surface area (Å²) in [7, 11) is 0. The summed E-state index contributed by atoms with van der Waals surface area (Å²) >= 11 is 0. The molecule has 1 heteroatoms. The first-order valence-electron chi connectivity index (χ1n) is 23.6. The first-order chi connectivity index (χ1) is 32.5. The number of nitrogens with zero attached hydrogens (tertiary/aromatic N) is 1. The van der Waals surface area contributed by atoms with E-state index in [4.69, 9.17) is 0 Å². The van der Waals surface area contributed by atoms with Crippen LogP contribution in [0.5, 0.6) is 0 Å². The fraction of sp³-hybridized carbons (Fsp3) is 0.108. The molecule has 9 aromatic carbocycles. The second-order valence-electron chi connectivity index (χ2n) is 19.0. The van der Waals surface area contributed by atoms with Gasteiger partial charge in [0.25, 0.3) is 0 Å². The lowest BCUT2D eigenvalue weighted by molar-refractivity contribution is 0.660. The molecule has 0 saturated carbocycles. The lowest BCUT2D eigenvalue weighted by Crippen LogP contribution is -2.30. The highest BCUT2D eigenvalue weighted by molar-refractivity contribution is 5.93. The highest BCUT2D eigenvalue weighted by atomic mass is 15.1. The topological polar surface area (TPSA) is 3.24 Å². The van der Waals surface area contributed by atoms with Gasteiger partial charge in [-0.15, -0.1) is 0 Å². The van der Waals surface area contributed by atoms with Crippen molar-refractivity contribution in [3.8, 4) is 33.4 Å². The molecule has 0 aliphatic heterocycles. The van der Waals surface area contributed by atoms with Crippen molar-refractivity contribution in [2.45, 2.75) is 42.9 Å². The van der Waals surface area contributed by atoms with Gasteiger partial charge in [0.1, 0.15) is 0 Å². The summed E-state index contributed by atoms with van der Waals surface area (Å²) in [6.45, 7) is 4.78. The molecule has 0 heterocycles. The van der Waals surface area contributed by atoms with Gasteiger partial charge in [0.05, 0.1) is 10.8 Å². The largest absolute Gasteiger partial charge is 0.310 e. The van der Waals surface area contributed by atoms with Gasteiger partial charge in [-0.3, -0.25) is 0 Å². The Balaban J connectivity index is 1.10. The number of hydrogen-bond donors (Lipinski definition) is 0. The lowest BCUT2D eigenvalue weighted by atomic mass is 9.65. The molecule has 4 aliphatic carbocycles. The predicted molar refractivity (Wildman–Crippen MR) is 274 cm³/mol. The summed E-state index contributed by atoms with van der Waals surface area (Å²) in [5.74, 6) is 0. The molecule has 1 unspecified atom stereocenters. The Kier molecular flexibility index (Phi) is 8.58. The number of anilines is 3. The summed E-state index contributed by atoms with van der Waals surface area (Å²) in [6, 6.07) is 82.6. The van der Waals surface area contributed by atoms with Gasteiger partial charge in [0.15, 0.2) is 0 Å². The van der Waals surface area contributed by atoms with Crippen LogP contribution in [-0.2, 0) is 16.2 Å². The molecule has 4 aliphatic rings. The van der Waals surface area contributed by atoms with Gasteiger partial charge in [-0.25, -0.2) is 0 Å². The van der Waals surface area contributed by atoms with Crippen molar-refractivity contribution in [2.75, 3.05) is 4.90 Å². The van der Waals surface area contributed by atoms with Gasteiger partial charge in [0.2, 0.25) is 0 Å². The van der Waals surface area contributed by atoms with E-state index in [1.807, 2.05) is 0 Å². The van der Waals surface area contributed by atoms with Crippen LogP contribution in [0.15, 0.2) is 242 Å². The Bertz CT molecular complexity index is 3410. The van der Waals surface area contributed by atoms with Crippen LogP contribution in [0.4, 0.5) is 17.1 Å². The minimum absolute atomic E-state index is 0.161. The van der Waals surface area contributed by atoms with Crippen molar-refractivity contribution in [2.24, 2.45) is 0 Å². The molecule has 0 saturated heterocycles. The molecule has 0 spiro atoms. The van der Waals surface area contributed by atoms with Crippen LogP contribution >= 0.6 is 0 Å². The van der Waals surface area contributed by atoms with E-state index in [0.717, 1.165) is 29.9 Å². The first-order valence-corrected chi connectivity index (χ1v) is 23.6. The minimum atomic E-state index is -0.527. The average Bonchev–Trinajstić information content (AvgIpc) is 3.94. The average molecular weight is 844 g/mol. The van der Waals surface area contributed by atoms with Crippen LogP contribution in [0.25, 0.3) is 33.4 Å². The maximum Gasteiger partial charge on any atom is 0.0714 e. The fourth-order valence-corrected chi connectivity index (χ4v) is 12.7. The van der Waals surface area contributed by atoms with Crippen molar-refractivity contribution >= 4 is 17.1 Å². The van der Waals surface area contributed by atoms with Gasteiger partial charge < -0.3 is 4.90 Å². The monoisotopic (exact) mass is 843 g/mol. The van der Waals surface area contributed by atoms with Crippen molar-refractivity contribution in [3.05, 3.63) is 292 Å². The van der Waals surface area contributed by atoms with E-state index in [1.165, 1.54) is 89.0 Å². The van der Waals surface area contributed by atoms with E-state index in [0.29, 0.717) is 0 Å². The van der Waals surface area contributed by atoms with E-state index >= 15 is 0 Å². The molecular formula is C65H49N. The minimum Gasteiger partial charge on any atom is -0.310 e. The second kappa shape index (κ2) is 14.6. The molecular weight excluding hydrogens is 795 g/mol. The van der Waals surface area contributed by atoms with Gasteiger partial charge in [0, 0.05) is 22.5 Å². The molecule has 0 radical (unpaired) electrons. The molecule has 1 atom stereocenters. The van der Waals surface area contributed by atoms with Crippen molar-refractivity contribution in [1.82, 2.24) is 0 Å². The number of rotatable bonds is 7. The SMILES string of the molecule is CC1(C)c2ccccc2-c2ccc(N(c3ccc4c(c3)C(C3=CC=CCC3)(c3ccccc3)c3ccccc3-4)c3ccc4c(c3)C(c3ccccc3)(c3ccccc3)c3ccccc3-4)cc21. The summed E-state index contributed by atoms with van der Waals surface area (Å²) in [5.41, 5.74) is 23.4. The van der Waals surface area contributed by atoms with E-state index < -0.39 is 10.8 Å². The molecule has 314 valence electrons. The zero-order valence-electron chi connectivity index (χ0n) is 37.4. The van der Waals surface area contributed by atoms with Gasteiger partial charge in [-0.05, 0) is 133 Å². The van der Waals surface area contributed by atoms with Gasteiger partial charge in [-0.1, -0.05) is 220 Å². The number of benzene rings is 9. The normalized spacial score (nSPS) is 17.5. The Morgan fingerprint density at radius 3 is 1.23 bits per heavy atom. The van der Waals surface area contributed by atoms with Crippen LogP contribution in [0.1, 0.15) is 76.8 Å². The molecule has 0 fully saturated rings. The Morgan fingerprint density at radius 2 is 0.727 bits per heavy atom. The van der Waals surface area contributed by atoms with Crippen molar-refractivity contribution in [1.29, 1.82) is 0 Å². The maximum atomic E-state index is 2.55. The van der Waals surface area contributed by atoms with Crippen LogP contribution in [0.3, 0.4) is 0 Å². The smallest absolute Gasteiger partial charge is 0.0714 e. The molecule has 9 aromatic rings. The summed E-state index contributed by atoms with van der Waals surface area (Å²) in [5, 5.41) is 0. The Hall–Kier alpha value is -7.74.